The highest BCUT2D eigenvalue weighted by Gasteiger charge is 2.40. The van der Waals surface area contributed by atoms with Crippen LogP contribution in [0.1, 0.15) is 23.1 Å². The van der Waals surface area contributed by atoms with Crippen molar-refractivity contribution in [3.63, 3.8) is 0 Å². The molecule has 2 aromatic carbocycles. The predicted octanol–water partition coefficient (Wildman–Crippen LogP) is 2.92. The molecule has 1 aliphatic heterocycles. The summed E-state index contributed by atoms with van der Waals surface area (Å²) in [5.74, 6) is -0.454. The van der Waals surface area contributed by atoms with Gasteiger partial charge < -0.3 is 15.1 Å². The number of nitrogens with one attached hydrogen (secondary N) is 1. The SMILES string of the molecule is Cc1ccc(C(=N)/C(=C\O)C(=O)N2CCC(O)(c3ccccc3)C2)cc1. The summed E-state index contributed by atoms with van der Waals surface area (Å²) < 4.78 is 0. The van der Waals surface area contributed by atoms with Gasteiger partial charge in [-0.25, -0.2) is 0 Å². The first-order chi connectivity index (χ1) is 12.4. The number of hydrogen-bond acceptors (Lipinski definition) is 4. The van der Waals surface area contributed by atoms with E-state index in [0.29, 0.717) is 24.8 Å². The summed E-state index contributed by atoms with van der Waals surface area (Å²) in [7, 11) is 0. The fourth-order valence-electron chi connectivity index (χ4n) is 3.22. The molecule has 1 saturated heterocycles. The first-order valence-corrected chi connectivity index (χ1v) is 8.52. The molecule has 0 radical (unpaired) electrons. The minimum absolute atomic E-state index is 0.0346. The third-order valence-electron chi connectivity index (χ3n) is 4.82. The molecule has 26 heavy (non-hydrogen) atoms. The summed E-state index contributed by atoms with van der Waals surface area (Å²) in [6.07, 6.45) is 1.10. The second kappa shape index (κ2) is 7.14. The number of amides is 1. The van der Waals surface area contributed by atoms with Gasteiger partial charge in [0, 0.05) is 12.1 Å². The second-order valence-corrected chi connectivity index (χ2v) is 6.66. The van der Waals surface area contributed by atoms with Crippen LogP contribution in [0.5, 0.6) is 0 Å². The number of benzene rings is 2. The van der Waals surface area contributed by atoms with Crippen LogP contribution in [0.4, 0.5) is 0 Å². The van der Waals surface area contributed by atoms with Crippen molar-refractivity contribution in [2.75, 3.05) is 13.1 Å². The van der Waals surface area contributed by atoms with E-state index in [1.54, 1.807) is 12.1 Å². The highest BCUT2D eigenvalue weighted by atomic mass is 16.3. The largest absolute Gasteiger partial charge is 0.515 e. The number of aliphatic hydroxyl groups excluding tert-OH is 1. The van der Waals surface area contributed by atoms with E-state index in [2.05, 4.69) is 0 Å². The molecule has 0 bridgehead atoms. The van der Waals surface area contributed by atoms with Gasteiger partial charge >= 0.3 is 0 Å². The van der Waals surface area contributed by atoms with Gasteiger partial charge in [0.05, 0.1) is 24.1 Å². The fraction of sp³-hybridized carbons (Fsp3) is 0.238. The maximum Gasteiger partial charge on any atom is 0.259 e. The van der Waals surface area contributed by atoms with Crippen LogP contribution in [0, 0.1) is 12.3 Å². The fourth-order valence-corrected chi connectivity index (χ4v) is 3.22. The van der Waals surface area contributed by atoms with Crippen molar-refractivity contribution in [1.82, 2.24) is 4.90 Å². The summed E-state index contributed by atoms with van der Waals surface area (Å²) in [5.41, 5.74) is 1.15. The number of β-amino-alcohol motifs (C(OH)–C–C–N with tert-alkyl or cyclic N) is 1. The van der Waals surface area contributed by atoms with Crippen LogP contribution in [0.3, 0.4) is 0 Å². The Balaban J connectivity index is 1.78. The minimum atomic E-state index is -1.11. The molecule has 3 rings (SSSR count). The van der Waals surface area contributed by atoms with Crippen LogP contribution in [0.2, 0.25) is 0 Å². The highest BCUT2D eigenvalue weighted by Crippen LogP contribution is 2.32. The monoisotopic (exact) mass is 350 g/mol. The van der Waals surface area contributed by atoms with Gasteiger partial charge in [0.2, 0.25) is 0 Å². The first kappa shape index (κ1) is 17.9. The second-order valence-electron chi connectivity index (χ2n) is 6.66. The molecule has 1 amide bonds. The van der Waals surface area contributed by atoms with Crippen LogP contribution >= 0.6 is 0 Å². The van der Waals surface area contributed by atoms with Gasteiger partial charge in [-0.05, 0) is 18.9 Å². The number of likely N-dealkylation sites (tertiary alicyclic amines) is 1. The zero-order chi connectivity index (χ0) is 18.7. The lowest BCUT2D eigenvalue weighted by Gasteiger charge is -2.24. The van der Waals surface area contributed by atoms with E-state index in [1.807, 2.05) is 49.4 Å². The van der Waals surface area contributed by atoms with Gasteiger partial charge in [0.15, 0.2) is 0 Å². The maximum atomic E-state index is 12.8. The van der Waals surface area contributed by atoms with Gasteiger partial charge in [0.25, 0.3) is 5.91 Å². The molecule has 0 saturated carbocycles. The van der Waals surface area contributed by atoms with E-state index in [1.165, 1.54) is 4.90 Å². The van der Waals surface area contributed by atoms with E-state index >= 15 is 0 Å². The Hall–Kier alpha value is -2.92. The molecular weight excluding hydrogens is 328 g/mol. The number of carbonyl (C=O) groups excluding carboxylic acids is 1. The Morgan fingerprint density at radius 3 is 2.42 bits per heavy atom. The molecule has 1 atom stereocenters. The number of carbonyl (C=O) groups is 1. The average molecular weight is 350 g/mol. The first-order valence-electron chi connectivity index (χ1n) is 8.52. The Kier molecular flexibility index (Phi) is 4.91. The van der Waals surface area contributed by atoms with Crippen LogP contribution in [-0.2, 0) is 10.4 Å². The van der Waals surface area contributed by atoms with Gasteiger partial charge in [-0.15, -0.1) is 0 Å². The molecule has 1 aliphatic rings. The van der Waals surface area contributed by atoms with Gasteiger partial charge in [0.1, 0.15) is 5.60 Å². The van der Waals surface area contributed by atoms with E-state index in [-0.39, 0.29) is 17.8 Å². The summed E-state index contributed by atoms with van der Waals surface area (Å²) in [4.78, 5) is 14.3. The van der Waals surface area contributed by atoms with Crippen molar-refractivity contribution < 1.29 is 15.0 Å². The molecule has 0 aromatic heterocycles. The van der Waals surface area contributed by atoms with Gasteiger partial charge in [-0.3, -0.25) is 10.2 Å². The van der Waals surface area contributed by atoms with Crippen molar-refractivity contribution in [3.8, 4) is 0 Å². The highest BCUT2D eigenvalue weighted by molar-refractivity contribution is 6.26. The van der Waals surface area contributed by atoms with E-state index in [0.717, 1.165) is 11.1 Å². The predicted molar refractivity (Wildman–Crippen MR) is 100 cm³/mol. The number of hydrogen-bond donors (Lipinski definition) is 3. The Labute approximate surface area is 152 Å². The molecule has 2 aromatic rings. The number of rotatable bonds is 4. The third-order valence-corrected chi connectivity index (χ3v) is 4.82. The number of aliphatic hydroxyl groups is 2. The Morgan fingerprint density at radius 1 is 1.15 bits per heavy atom. The van der Waals surface area contributed by atoms with E-state index in [9.17, 15) is 15.0 Å². The molecule has 1 unspecified atom stereocenters. The number of aryl methyl sites for hydroxylation is 1. The van der Waals surface area contributed by atoms with Crippen LogP contribution in [0.15, 0.2) is 66.4 Å². The summed E-state index contributed by atoms with van der Waals surface area (Å²) >= 11 is 0. The molecule has 0 spiro atoms. The summed E-state index contributed by atoms with van der Waals surface area (Å²) in [6.45, 7) is 2.44. The van der Waals surface area contributed by atoms with Crippen LogP contribution < -0.4 is 0 Å². The zero-order valence-corrected chi connectivity index (χ0v) is 14.6. The van der Waals surface area contributed by atoms with Crippen molar-refractivity contribution in [1.29, 1.82) is 5.41 Å². The Morgan fingerprint density at radius 2 is 1.81 bits per heavy atom. The van der Waals surface area contributed by atoms with Crippen molar-refractivity contribution in [3.05, 3.63) is 83.1 Å². The standard InChI is InChI=1S/C21H22N2O3/c1-15-7-9-16(10-8-15)19(22)18(13-24)20(25)23-12-11-21(26,14-23)17-5-3-2-4-6-17/h2-10,13,22,24,26H,11-12,14H2,1H3/b18-13+,22-19?. The van der Waals surface area contributed by atoms with Gasteiger partial charge in [-0.2, -0.15) is 0 Å². The lowest BCUT2D eigenvalue weighted by Crippen LogP contribution is -2.36. The summed E-state index contributed by atoms with van der Waals surface area (Å²) in [6, 6.07) is 16.5. The average Bonchev–Trinajstić information content (AvgIpc) is 3.07. The van der Waals surface area contributed by atoms with E-state index in [4.69, 9.17) is 5.41 Å². The van der Waals surface area contributed by atoms with Crippen LogP contribution in [-0.4, -0.2) is 39.8 Å². The smallest absolute Gasteiger partial charge is 0.259 e. The molecule has 0 aliphatic carbocycles. The minimum Gasteiger partial charge on any atom is -0.515 e. The summed E-state index contributed by atoms with van der Waals surface area (Å²) in [5, 5.41) is 28.7. The molecule has 1 heterocycles. The molecular formula is C21H22N2O3. The lowest BCUT2D eigenvalue weighted by atomic mass is 9.93. The topological polar surface area (TPSA) is 84.6 Å². The normalized spacial score (nSPS) is 20.2. The lowest BCUT2D eigenvalue weighted by molar-refractivity contribution is -0.126. The van der Waals surface area contributed by atoms with Crippen molar-refractivity contribution >= 4 is 11.6 Å². The molecule has 134 valence electrons. The van der Waals surface area contributed by atoms with Gasteiger partial charge in [-0.1, -0.05) is 60.2 Å². The Bertz CT molecular complexity index is 843. The zero-order valence-electron chi connectivity index (χ0n) is 14.6. The third kappa shape index (κ3) is 3.39. The molecule has 3 N–H and O–H groups in total. The maximum absolute atomic E-state index is 12.8. The van der Waals surface area contributed by atoms with Crippen molar-refractivity contribution in [2.45, 2.75) is 18.9 Å². The molecule has 5 heteroatoms. The molecule has 1 fully saturated rings. The van der Waals surface area contributed by atoms with Crippen molar-refractivity contribution in [2.24, 2.45) is 0 Å². The van der Waals surface area contributed by atoms with E-state index < -0.39 is 11.5 Å². The molecule has 5 nitrogen and oxygen atoms in total. The number of nitrogens with zero attached hydrogens (tertiary/aromatic N) is 1. The quantitative estimate of drug-likeness (QED) is 0.450. The van der Waals surface area contributed by atoms with Crippen LogP contribution in [0.25, 0.3) is 0 Å².